The van der Waals surface area contributed by atoms with Gasteiger partial charge in [0.25, 0.3) is 0 Å². The molecule has 18 atom stereocenters. The second-order valence-corrected chi connectivity index (χ2v) is 14.1. The van der Waals surface area contributed by atoms with Gasteiger partial charge < -0.3 is 88.6 Å². The van der Waals surface area contributed by atoms with E-state index in [1.54, 1.807) is 6.08 Å². The molecule has 0 aromatic rings. The highest BCUT2D eigenvalue weighted by Crippen LogP contribution is 2.50. The van der Waals surface area contributed by atoms with Gasteiger partial charge in [0.15, 0.2) is 12.4 Å². The van der Waals surface area contributed by atoms with Crippen molar-refractivity contribution in [3.8, 4) is 0 Å². The van der Waals surface area contributed by atoms with Crippen molar-refractivity contribution in [3.63, 3.8) is 0 Å². The summed E-state index contributed by atoms with van der Waals surface area (Å²) >= 11 is 0. The molecule has 0 unspecified atom stereocenters. The monoisotopic (exact) mass is 786 g/mol. The first-order chi connectivity index (χ1) is 26.3. The Morgan fingerprint density at radius 3 is 1.98 bits per heavy atom. The summed E-state index contributed by atoms with van der Waals surface area (Å²) in [5, 5.41) is 93.9. The van der Waals surface area contributed by atoms with Crippen LogP contribution in [-0.4, -0.2) is 176 Å². The predicted molar refractivity (Wildman–Crippen MR) is 169 cm³/mol. The smallest absolute Gasteiger partial charge is 0.338 e. The maximum absolute atomic E-state index is 14.0. The van der Waals surface area contributed by atoms with Gasteiger partial charge in [-0.15, -0.1) is 0 Å². The van der Waals surface area contributed by atoms with Crippen LogP contribution in [0.3, 0.4) is 0 Å². The summed E-state index contributed by atoms with van der Waals surface area (Å²) in [7, 11) is 0. The van der Waals surface area contributed by atoms with Gasteiger partial charge in [0.05, 0.1) is 61.4 Å². The summed E-state index contributed by atoms with van der Waals surface area (Å²) in [4.78, 5) is 38.1. The molecule has 7 aliphatic rings. The first-order valence-corrected chi connectivity index (χ1v) is 17.5. The topological polar surface area (TPSA) is 316 Å². The molecule has 0 spiro atoms. The normalized spacial score (nSPS) is 44.4. The van der Waals surface area contributed by atoms with Crippen LogP contribution in [-0.2, 0) is 57.0 Å². The maximum atomic E-state index is 14.0. The van der Waals surface area contributed by atoms with Crippen LogP contribution >= 0.6 is 0 Å². The second-order valence-electron chi connectivity index (χ2n) is 14.1. The molecule has 21 nitrogen and oxygen atoms in total. The molecule has 55 heavy (non-hydrogen) atoms. The second kappa shape index (κ2) is 15.8. The zero-order valence-corrected chi connectivity index (χ0v) is 29.0. The van der Waals surface area contributed by atoms with Gasteiger partial charge in [-0.2, -0.15) is 0 Å². The predicted octanol–water partition coefficient (Wildman–Crippen LogP) is -5.16. The molecule has 3 saturated heterocycles. The van der Waals surface area contributed by atoms with Crippen molar-refractivity contribution in [3.05, 3.63) is 47.0 Å². The Kier molecular flexibility index (Phi) is 11.4. The summed E-state index contributed by atoms with van der Waals surface area (Å²) in [6, 6.07) is 0. The Hall–Kier alpha value is -3.55. The van der Waals surface area contributed by atoms with Crippen molar-refractivity contribution in [1.82, 2.24) is 0 Å². The fourth-order valence-corrected chi connectivity index (χ4v) is 8.10. The number of ether oxygens (including phenoxy) is 9. The van der Waals surface area contributed by atoms with Crippen molar-refractivity contribution >= 4 is 17.9 Å². The van der Waals surface area contributed by atoms with Gasteiger partial charge in [-0.05, 0) is 17.2 Å². The first kappa shape index (κ1) is 39.7. The minimum Gasteiger partial charge on any atom is -0.471 e. The maximum Gasteiger partial charge on any atom is 0.338 e. The van der Waals surface area contributed by atoms with Crippen molar-refractivity contribution < 1.29 is 103 Å². The van der Waals surface area contributed by atoms with Gasteiger partial charge in [-0.25, -0.2) is 9.59 Å². The summed E-state index contributed by atoms with van der Waals surface area (Å²) in [5.74, 6) is -6.35. The van der Waals surface area contributed by atoms with Gasteiger partial charge >= 0.3 is 17.9 Å². The quantitative estimate of drug-likeness (QED) is 0.0537. The zero-order chi connectivity index (χ0) is 39.5. The minimum absolute atomic E-state index is 0.197. The third kappa shape index (κ3) is 7.07. The highest BCUT2D eigenvalue weighted by atomic mass is 16.8. The number of rotatable bonds is 11. The molecule has 0 aromatic heterocycles. The number of aliphatic hydroxyl groups is 9. The van der Waals surface area contributed by atoms with Crippen LogP contribution in [0.5, 0.6) is 0 Å². The Balaban J connectivity index is 1.14. The molecule has 0 radical (unpaired) electrons. The number of hydrogen-bond acceptors (Lipinski definition) is 21. The summed E-state index contributed by atoms with van der Waals surface area (Å²) < 4.78 is 50.7. The van der Waals surface area contributed by atoms with E-state index in [1.807, 2.05) is 0 Å². The number of hydrogen-bond donors (Lipinski definition) is 9. The molecule has 9 N–H and O–H groups in total. The number of carbonyl (C=O) groups is 3. The van der Waals surface area contributed by atoms with E-state index in [0.717, 1.165) is 19.4 Å². The van der Waals surface area contributed by atoms with Crippen LogP contribution in [0.1, 0.15) is 6.92 Å². The Labute approximate surface area is 311 Å². The lowest BCUT2D eigenvalue weighted by molar-refractivity contribution is -0.342. The molecule has 304 valence electrons. The molecular weight excluding hydrogens is 744 g/mol. The fourth-order valence-electron chi connectivity index (χ4n) is 8.10. The van der Waals surface area contributed by atoms with Gasteiger partial charge in [0, 0.05) is 18.8 Å². The Morgan fingerprint density at radius 2 is 1.33 bits per heavy atom. The molecule has 7 rings (SSSR count). The molecule has 0 aromatic carbocycles. The number of carbonyl (C=O) groups excluding carboxylic acids is 3. The molecule has 3 fully saturated rings. The minimum atomic E-state index is -1.94. The molecule has 5 heterocycles. The van der Waals surface area contributed by atoms with E-state index in [9.17, 15) is 60.3 Å². The molecule has 2 aliphatic carbocycles. The van der Waals surface area contributed by atoms with E-state index < -0.39 is 154 Å². The van der Waals surface area contributed by atoms with E-state index >= 15 is 0 Å². The average Bonchev–Trinajstić information content (AvgIpc) is 3.81. The zero-order valence-electron chi connectivity index (χ0n) is 29.0. The highest BCUT2D eigenvalue weighted by Gasteiger charge is 2.58. The van der Waals surface area contributed by atoms with E-state index in [0.29, 0.717) is 5.57 Å². The summed E-state index contributed by atoms with van der Waals surface area (Å²) in [6.07, 6.45) is -17.3. The lowest BCUT2D eigenvalue weighted by Crippen LogP contribution is -2.61. The molecule has 5 aliphatic heterocycles. The molecule has 21 heteroatoms. The largest absolute Gasteiger partial charge is 0.471 e. The third-order valence-corrected chi connectivity index (χ3v) is 10.9. The van der Waals surface area contributed by atoms with E-state index in [1.165, 1.54) is 6.08 Å². The van der Waals surface area contributed by atoms with E-state index in [4.69, 9.17) is 42.6 Å². The van der Waals surface area contributed by atoms with Gasteiger partial charge in [0.1, 0.15) is 55.4 Å². The van der Waals surface area contributed by atoms with Gasteiger partial charge in [-0.3, -0.25) is 4.79 Å². The van der Waals surface area contributed by atoms with Crippen LogP contribution in [0.2, 0.25) is 0 Å². The van der Waals surface area contributed by atoms with Gasteiger partial charge in [-0.1, -0.05) is 6.08 Å². The molecular formula is C34H42O21. The van der Waals surface area contributed by atoms with Crippen LogP contribution in [0.25, 0.3) is 0 Å². The van der Waals surface area contributed by atoms with E-state index in [2.05, 4.69) is 0 Å². The van der Waals surface area contributed by atoms with Crippen LogP contribution in [0.15, 0.2) is 47.0 Å². The van der Waals surface area contributed by atoms with Crippen molar-refractivity contribution in [1.29, 1.82) is 0 Å². The number of esters is 3. The lowest BCUT2D eigenvalue weighted by Gasteiger charge is -2.44. The van der Waals surface area contributed by atoms with Crippen molar-refractivity contribution in [2.75, 3.05) is 26.4 Å². The number of aliphatic hydroxyl groups excluding tert-OH is 9. The SMILES string of the molecule is CC(=O)OCC1=C[C@H](O)[C@@H]2C(C(=O)O[C@H]3[C@H](O[C@@H]4OC=C5C(=O)O[C@H]6C=C(CO)[C@@H]4[C@H]56)O[C@H](CO)[C@@H](O)[C@@H]3O)=CO[C@@H](O[C@@H]3O[C@H](CO)[C@@H](O)[C@H](O)[C@H]3O)[C@H]12. The van der Waals surface area contributed by atoms with Crippen LogP contribution < -0.4 is 0 Å². The fraction of sp³-hybridized carbons (Fsp3) is 0.676. The molecule has 0 saturated carbocycles. The average molecular weight is 787 g/mol. The van der Waals surface area contributed by atoms with Crippen LogP contribution in [0.4, 0.5) is 0 Å². The summed E-state index contributed by atoms with van der Waals surface area (Å²) in [5.41, 5.74) is 0.459. The summed E-state index contributed by atoms with van der Waals surface area (Å²) in [6.45, 7) is -1.28. The number of fused-ring (bicyclic) bond motifs is 1. The first-order valence-electron chi connectivity index (χ1n) is 17.5. The van der Waals surface area contributed by atoms with E-state index in [-0.39, 0.29) is 16.7 Å². The third-order valence-electron chi connectivity index (χ3n) is 10.9. The van der Waals surface area contributed by atoms with Crippen molar-refractivity contribution in [2.45, 2.75) is 93.1 Å². The lowest BCUT2D eigenvalue weighted by atomic mass is 9.82. The van der Waals surface area contributed by atoms with Crippen molar-refractivity contribution in [2.24, 2.45) is 23.7 Å². The Bertz CT molecular complexity index is 1620. The van der Waals surface area contributed by atoms with Gasteiger partial charge in [0.2, 0.25) is 18.9 Å². The molecule has 0 amide bonds. The molecule has 0 bridgehead atoms. The van der Waals surface area contributed by atoms with Crippen LogP contribution in [0, 0.1) is 23.7 Å². The standard InChI is InChI=1S/C34H42O21/c1-10(38)47-7-12-2-15(39)21-13(8-48-32(20(12)21)54-33-27(44)25(42)23(40)17(5-36)51-33)30(46)53-28-26(43)24(41)18(6-37)52-34(28)55-31-19-11(4-35)3-16-22(19)14(9-49-31)29(45)50-16/h2-3,8-9,15-28,31-37,39-44H,4-7H2,1H3/t15-,16-,17+,18+,19+,20+,21-,22+,23+,24+,25-,26-,27+,28+,31-,32-,33-,34-/m0/s1. The Morgan fingerprint density at radius 1 is 0.709 bits per heavy atom. The highest BCUT2D eigenvalue weighted by molar-refractivity contribution is 5.92.